The molecule has 1 spiro atoms. The monoisotopic (exact) mass is 392 g/mol. The maximum Gasteiger partial charge on any atom is 0.122 e. The number of hydrogen-bond acceptors (Lipinski definition) is 4. The first-order valence-corrected chi connectivity index (χ1v) is 12.2. The summed E-state index contributed by atoms with van der Waals surface area (Å²) >= 11 is 0. The van der Waals surface area contributed by atoms with E-state index in [9.17, 15) is 8.76 Å². The summed E-state index contributed by atoms with van der Waals surface area (Å²) in [5, 5.41) is 0. The number of likely N-dealkylation sites (tertiary alicyclic amines) is 1. The van der Waals surface area contributed by atoms with Crippen LogP contribution in [0.2, 0.25) is 0 Å². The first-order valence-electron chi connectivity index (χ1n) is 10.3. The van der Waals surface area contributed by atoms with Gasteiger partial charge in [-0.15, -0.1) is 4.31 Å². The number of hydrogen-bond donors (Lipinski definition) is 0. The van der Waals surface area contributed by atoms with Gasteiger partial charge in [0.1, 0.15) is 16.7 Å². The zero-order chi connectivity index (χ0) is 18.9. The fourth-order valence-corrected chi connectivity index (χ4v) is 6.01. The van der Waals surface area contributed by atoms with Gasteiger partial charge in [-0.3, -0.25) is 4.90 Å². The summed E-state index contributed by atoms with van der Waals surface area (Å²) in [5.41, 5.74) is 2.41. The number of ether oxygens (including phenoxy) is 1. The van der Waals surface area contributed by atoms with Crippen LogP contribution in [0.1, 0.15) is 43.2 Å². The molecule has 2 atom stereocenters. The van der Waals surface area contributed by atoms with Crippen LogP contribution in [0.15, 0.2) is 24.3 Å². The minimum atomic E-state index is -3.24. The van der Waals surface area contributed by atoms with E-state index in [1.165, 1.54) is 24.7 Å². The van der Waals surface area contributed by atoms with Crippen molar-refractivity contribution in [3.05, 3.63) is 35.4 Å². The summed E-state index contributed by atoms with van der Waals surface area (Å²) in [6, 6.07) is 8.41. The Hall–Kier alpha value is -0.790. The van der Waals surface area contributed by atoms with E-state index in [0.29, 0.717) is 19.0 Å². The van der Waals surface area contributed by atoms with Crippen LogP contribution in [0.25, 0.3) is 0 Å². The van der Waals surface area contributed by atoms with E-state index in [4.69, 9.17) is 4.74 Å². The Morgan fingerprint density at radius 3 is 2.70 bits per heavy atom. The minimum Gasteiger partial charge on any atom is -0.598 e. The molecule has 0 N–H and O–H groups in total. The number of benzene rings is 1. The summed E-state index contributed by atoms with van der Waals surface area (Å²) in [7, 11) is -3.24. The van der Waals surface area contributed by atoms with Crippen molar-refractivity contribution in [3.8, 4) is 0 Å². The van der Waals surface area contributed by atoms with Crippen LogP contribution in [0, 0.1) is 5.92 Å². The average Bonchev–Trinajstić information content (AvgIpc) is 2.82. The van der Waals surface area contributed by atoms with Crippen LogP contribution >= 0.6 is 0 Å². The molecule has 2 saturated heterocycles. The van der Waals surface area contributed by atoms with E-state index in [2.05, 4.69) is 23.1 Å². The van der Waals surface area contributed by atoms with Gasteiger partial charge in [0.05, 0.1) is 13.1 Å². The Kier molecular flexibility index (Phi) is 5.72. The lowest BCUT2D eigenvalue weighted by Gasteiger charge is -2.49. The van der Waals surface area contributed by atoms with Crippen molar-refractivity contribution in [1.29, 1.82) is 0 Å². The SMILES string of the molecule is C[S+](=O)([O-])N1Cc2ccccc2CC2(CCCCN2CC2CCOCC2)C1. The van der Waals surface area contributed by atoms with Crippen LogP contribution in [0.3, 0.4) is 0 Å². The molecule has 3 aliphatic heterocycles. The molecule has 27 heavy (non-hydrogen) atoms. The fourth-order valence-electron chi connectivity index (χ4n) is 5.16. The van der Waals surface area contributed by atoms with Crippen molar-refractivity contribution < 1.29 is 13.5 Å². The molecule has 2 fully saturated rings. The van der Waals surface area contributed by atoms with Crippen molar-refractivity contribution in [2.75, 3.05) is 39.1 Å². The average molecular weight is 393 g/mol. The van der Waals surface area contributed by atoms with Gasteiger partial charge in [-0.1, -0.05) is 34.9 Å². The first-order chi connectivity index (χ1) is 13.0. The van der Waals surface area contributed by atoms with E-state index >= 15 is 0 Å². The molecule has 6 heteroatoms. The van der Waals surface area contributed by atoms with Gasteiger partial charge in [-0.25, -0.2) is 0 Å². The third kappa shape index (κ3) is 4.30. The van der Waals surface area contributed by atoms with E-state index in [-0.39, 0.29) is 5.54 Å². The van der Waals surface area contributed by atoms with Crippen molar-refractivity contribution in [3.63, 3.8) is 0 Å². The predicted octanol–water partition coefficient (Wildman–Crippen LogP) is 2.87. The Morgan fingerprint density at radius 2 is 1.96 bits per heavy atom. The highest BCUT2D eigenvalue weighted by Crippen LogP contribution is 2.38. The van der Waals surface area contributed by atoms with Gasteiger partial charge >= 0.3 is 0 Å². The minimum absolute atomic E-state index is 0.0771. The smallest absolute Gasteiger partial charge is 0.122 e. The van der Waals surface area contributed by atoms with Crippen LogP contribution < -0.4 is 0 Å². The molecule has 0 radical (unpaired) electrons. The van der Waals surface area contributed by atoms with E-state index in [0.717, 1.165) is 57.6 Å². The molecule has 2 unspecified atom stereocenters. The van der Waals surface area contributed by atoms with Crippen LogP contribution in [-0.4, -0.2) is 58.4 Å². The number of rotatable bonds is 3. The number of piperidine rings is 1. The maximum absolute atomic E-state index is 12.6. The molecule has 5 nitrogen and oxygen atoms in total. The molecular formula is C21H32N2O3S. The number of nitrogens with zero attached hydrogens (tertiary/aromatic N) is 2. The zero-order valence-electron chi connectivity index (χ0n) is 16.4. The van der Waals surface area contributed by atoms with Gasteiger partial charge in [0.15, 0.2) is 0 Å². The van der Waals surface area contributed by atoms with Gasteiger partial charge in [0.2, 0.25) is 0 Å². The summed E-state index contributed by atoms with van der Waals surface area (Å²) < 4.78 is 32.4. The quantitative estimate of drug-likeness (QED) is 0.742. The largest absolute Gasteiger partial charge is 0.598 e. The Bertz CT molecular complexity index is 700. The zero-order valence-corrected chi connectivity index (χ0v) is 17.2. The second-order valence-electron chi connectivity index (χ2n) is 8.66. The number of fused-ring (bicyclic) bond motifs is 1. The van der Waals surface area contributed by atoms with Crippen molar-refractivity contribution >= 4 is 10.4 Å². The molecule has 0 saturated carbocycles. The Balaban J connectivity index is 1.66. The van der Waals surface area contributed by atoms with Crippen molar-refractivity contribution in [2.24, 2.45) is 5.92 Å². The summed E-state index contributed by atoms with van der Waals surface area (Å²) in [4.78, 5) is 2.65. The lowest BCUT2D eigenvalue weighted by atomic mass is 9.80. The fraction of sp³-hybridized carbons (Fsp3) is 0.714. The second kappa shape index (κ2) is 7.91. The lowest BCUT2D eigenvalue weighted by Crippen LogP contribution is -2.60. The van der Waals surface area contributed by atoms with Gasteiger partial charge in [0, 0.05) is 25.3 Å². The van der Waals surface area contributed by atoms with Crippen LogP contribution in [-0.2, 0) is 32.3 Å². The standard InChI is InChI=1S/C21H32N2O3S/c1-27(24,25)23-16-20-7-3-2-6-19(20)14-21(17-23)10-4-5-11-22(21)15-18-8-12-26-13-9-18/h2-3,6-7,18H,4-5,8-17H2,1H3. The first kappa shape index (κ1) is 19.5. The van der Waals surface area contributed by atoms with Crippen molar-refractivity contribution in [1.82, 2.24) is 9.21 Å². The molecule has 0 aliphatic carbocycles. The van der Waals surface area contributed by atoms with Crippen LogP contribution in [0.5, 0.6) is 0 Å². The third-order valence-corrected chi connectivity index (χ3v) is 7.93. The van der Waals surface area contributed by atoms with Gasteiger partial charge in [-0.2, -0.15) is 0 Å². The van der Waals surface area contributed by atoms with Crippen molar-refractivity contribution in [2.45, 2.75) is 50.6 Å². The Labute approximate surface area is 164 Å². The van der Waals surface area contributed by atoms with Gasteiger partial charge in [-0.05, 0) is 55.7 Å². The molecule has 1 aromatic carbocycles. The number of sulfonamides is 1. The highest BCUT2D eigenvalue weighted by atomic mass is 32.3. The molecule has 4 rings (SSSR count). The van der Waals surface area contributed by atoms with E-state index in [1.54, 1.807) is 4.31 Å². The summed E-state index contributed by atoms with van der Waals surface area (Å²) in [5.74, 6) is 0.666. The summed E-state index contributed by atoms with van der Waals surface area (Å²) in [6.07, 6.45) is 8.04. The maximum atomic E-state index is 12.6. The second-order valence-corrected chi connectivity index (χ2v) is 10.6. The Morgan fingerprint density at radius 1 is 1.22 bits per heavy atom. The predicted molar refractivity (Wildman–Crippen MR) is 107 cm³/mol. The molecule has 3 heterocycles. The highest BCUT2D eigenvalue weighted by Gasteiger charge is 2.46. The van der Waals surface area contributed by atoms with Crippen LogP contribution in [0.4, 0.5) is 0 Å². The van der Waals surface area contributed by atoms with Gasteiger partial charge in [0.25, 0.3) is 0 Å². The molecule has 0 bridgehead atoms. The lowest BCUT2D eigenvalue weighted by molar-refractivity contribution is -0.00555. The normalized spacial score (nSPS) is 30.6. The molecular weight excluding hydrogens is 360 g/mol. The molecule has 0 amide bonds. The highest BCUT2D eigenvalue weighted by molar-refractivity contribution is 7.94. The molecule has 150 valence electrons. The van der Waals surface area contributed by atoms with E-state index < -0.39 is 10.4 Å². The topological polar surface area (TPSA) is 55.8 Å². The molecule has 1 aromatic rings. The summed E-state index contributed by atoms with van der Waals surface area (Å²) in [6.45, 7) is 5.00. The molecule has 3 aliphatic rings. The third-order valence-electron chi connectivity index (χ3n) is 6.73. The molecule has 0 aromatic heterocycles. The van der Waals surface area contributed by atoms with E-state index in [1.807, 2.05) is 6.07 Å². The van der Waals surface area contributed by atoms with Gasteiger partial charge < -0.3 is 9.29 Å².